The maximum atomic E-state index is 13.4. The lowest BCUT2D eigenvalue weighted by atomic mass is 9.94. The predicted molar refractivity (Wildman–Crippen MR) is 221 cm³/mol. The zero-order valence-corrected chi connectivity index (χ0v) is 33.7. The summed E-state index contributed by atoms with van der Waals surface area (Å²) >= 11 is 0. The summed E-state index contributed by atoms with van der Waals surface area (Å²) in [5.41, 5.74) is 4.16. The van der Waals surface area contributed by atoms with Crippen molar-refractivity contribution >= 4 is 46.0 Å². The van der Waals surface area contributed by atoms with Gasteiger partial charge in [-0.05, 0) is 100 Å². The fourth-order valence-corrected chi connectivity index (χ4v) is 9.72. The molecule has 0 radical (unpaired) electrons. The van der Waals surface area contributed by atoms with Crippen LogP contribution in [0.15, 0.2) is 48.8 Å². The number of carbonyl (C=O) groups is 4. The number of piperidine rings is 3. The van der Waals surface area contributed by atoms with Crippen molar-refractivity contribution in [3.63, 3.8) is 0 Å². The number of ether oxygens (including phenoxy) is 1. The summed E-state index contributed by atoms with van der Waals surface area (Å²) in [5, 5.41) is 11.1. The summed E-state index contributed by atoms with van der Waals surface area (Å²) in [7, 11) is 0. The highest BCUT2D eigenvalue weighted by Crippen LogP contribution is 2.41. The zero-order chi connectivity index (χ0) is 40.3. The van der Waals surface area contributed by atoms with E-state index < -0.39 is 23.8 Å². The highest BCUT2D eigenvalue weighted by molar-refractivity contribution is 6.23. The molecule has 4 aromatic rings. The molecule has 4 saturated heterocycles. The largest absolute Gasteiger partial charge is 0.488 e. The van der Waals surface area contributed by atoms with Crippen molar-refractivity contribution in [2.24, 2.45) is 11.8 Å². The van der Waals surface area contributed by atoms with Gasteiger partial charge in [-0.15, -0.1) is 0 Å². The first kappa shape index (κ1) is 37.8. The van der Waals surface area contributed by atoms with Gasteiger partial charge in [-0.25, -0.2) is 9.97 Å². The average Bonchev–Trinajstić information content (AvgIpc) is 3.73. The van der Waals surface area contributed by atoms with E-state index in [9.17, 15) is 19.2 Å². The number of fused-ring (bicyclic) bond motifs is 2. The number of nitrogens with one attached hydrogen (secondary N) is 2. The van der Waals surface area contributed by atoms with Gasteiger partial charge in [0.1, 0.15) is 35.2 Å². The number of benzene rings is 2. The fraction of sp³-hybridized carbons (Fsp3) is 0.523. The number of hydrogen-bond acceptors (Lipinski definition) is 12. The summed E-state index contributed by atoms with van der Waals surface area (Å²) in [6.45, 7) is 12.6. The first-order valence-electron chi connectivity index (χ1n) is 21.5. The normalized spacial score (nSPS) is 23.3. The summed E-state index contributed by atoms with van der Waals surface area (Å²) < 4.78 is 6.23. The van der Waals surface area contributed by atoms with Crippen LogP contribution in [0, 0.1) is 11.8 Å². The Labute approximate surface area is 343 Å². The lowest BCUT2D eigenvalue weighted by molar-refractivity contribution is -0.136. The van der Waals surface area contributed by atoms with Crippen LogP contribution in [-0.2, 0) is 9.59 Å². The lowest BCUT2D eigenvalue weighted by Gasteiger charge is -2.41. The van der Waals surface area contributed by atoms with Gasteiger partial charge >= 0.3 is 0 Å². The topological polar surface area (TPSA) is 160 Å². The van der Waals surface area contributed by atoms with Crippen molar-refractivity contribution in [1.29, 1.82) is 0 Å². The smallest absolute Gasteiger partial charge is 0.262 e. The minimum Gasteiger partial charge on any atom is -0.488 e. The summed E-state index contributed by atoms with van der Waals surface area (Å²) in [5.74, 6) is 1.24. The molecule has 10 rings (SSSR count). The number of piperazine rings is 1. The molecule has 4 amide bonds. The van der Waals surface area contributed by atoms with E-state index in [4.69, 9.17) is 4.74 Å². The maximum Gasteiger partial charge on any atom is 0.262 e. The molecule has 15 nitrogen and oxygen atoms in total. The maximum absolute atomic E-state index is 13.4. The van der Waals surface area contributed by atoms with Crippen molar-refractivity contribution in [1.82, 2.24) is 40.2 Å². The Morgan fingerprint density at radius 2 is 1.42 bits per heavy atom. The molecular weight excluding hydrogens is 749 g/mol. The number of imide groups is 2. The van der Waals surface area contributed by atoms with Gasteiger partial charge in [0, 0.05) is 89.0 Å². The summed E-state index contributed by atoms with van der Waals surface area (Å²) in [6.07, 6.45) is 8.55. The molecule has 0 spiro atoms. The second kappa shape index (κ2) is 15.3. The van der Waals surface area contributed by atoms with Crippen molar-refractivity contribution in [3.8, 4) is 17.1 Å². The van der Waals surface area contributed by atoms with Crippen LogP contribution in [0.1, 0.15) is 79.0 Å². The Bertz CT molecular complexity index is 2280. The van der Waals surface area contributed by atoms with Crippen LogP contribution in [0.5, 0.6) is 5.75 Å². The summed E-state index contributed by atoms with van der Waals surface area (Å²) in [6, 6.07) is 12.7. The van der Waals surface area contributed by atoms with Gasteiger partial charge in [0.15, 0.2) is 0 Å². The number of carbonyl (C=O) groups excluding carboxylic acids is 4. The van der Waals surface area contributed by atoms with Crippen molar-refractivity contribution in [2.75, 3.05) is 75.2 Å². The molecule has 308 valence electrons. The Morgan fingerprint density at radius 3 is 2.10 bits per heavy atom. The van der Waals surface area contributed by atoms with E-state index in [1.54, 1.807) is 12.4 Å². The molecule has 1 aliphatic carbocycles. The van der Waals surface area contributed by atoms with E-state index in [1.807, 2.05) is 24.3 Å². The Hall–Kier alpha value is -5.41. The number of nitrogens with zero attached hydrogens (tertiary/aromatic N) is 8. The first-order valence-corrected chi connectivity index (χ1v) is 21.5. The molecule has 2 aromatic heterocycles. The number of aromatic amines is 1. The van der Waals surface area contributed by atoms with Crippen LogP contribution in [-0.4, -0.2) is 136 Å². The van der Waals surface area contributed by atoms with E-state index in [0.29, 0.717) is 23.0 Å². The number of amides is 4. The molecule has 0 bridgehead atoms. The molecule has 6 aliphatic rings. The molecule has 1 unspecified atom stereocenters. The van der Waals surface area contributed by atoms with E-state index >= 15 is 0 Å². The van der Waals surface area contributed by atoms with E-state index in [-0.39, 0.29) is 24.3 Å². The number of H-pyrrole nitrogens is 1. The Kier molecular flexibility index (Phi) is 9.82. The molecule has 59 heavy (non-hydrogen) atoms. The van der Waals surface area contributed by atoms with Crippen LogP contribution >= 0.6 is 0 Å². The number of anilines is 2. The third kappa shape index (κ3) is 7.66. The van der Waals surface area contributed by atoms with Crippen LogP contribution in [0.2, 0.25) is 0 Å². The van der Waals surface area contributed by atoms with Crippen LogP contribution in [0.3, 0.4) is 0 Å². The van der Waals surface area contributed by atoms with Crippen LogP contribution < -0.4 is 19.9 Å². The molecular formula is C44H52N10O5. The van der Waals surface area contributed by atoms with Gasteiger partial charge in [0.05, 0.1) is 22.3 Å². The second-order valence-corrected chi connectivity index (χ2v) is 17.7. The number of aromatic nitrogens is 4. The van der Waals surface area contributed by atoms with Gasteiger partial charge in [0.2, 0.25) is 11.8 Å². The Balaban J connectivity index is 0.666. The van der Waals surface area contributed by atoms with E-state index in [1.165, 1.54) is 0 Å². The SMILES string of the molecule is CC1(Oc2ccc3[nH]nc(-c4cc(N5CCC(CN6CCN(CC7CCN(c8ccc9c(c8)C(=O)N(C8CCC(=O)NC8=O)C9=O)CC7)CC6)CC5)ncn4)c3c2)CC1. The standard InChI is InChI=1S/C44H52N10O5/c1-44(12-13-44)59-31-3-5-35-34(23-31)40(49-48-35)36-24-38(46-27-45-36)53-16-10-29(11-17-53)26-51-20-18-50(19-21-51)25-28-8-14-52(15-9-28)30-2-4-32-33(22-30)43(58)54(42(32)57)37-6-7-39(55)47-41(37)56/h2-5,22-24,27-29,37H,6-21,25-26H2,1H3,(H,48,49)(H,47,55,56). The molecule has 15 heteroatoms. The monoisotopic (exact) mass is 800 g/mol. The molecule has 5 aliphatic heterocycles. The van der Waals surface area contributed by atoms with Crippen molar-refractivity contribution in [2.45, 2.75) is 69.9 Å². The molecule has 1 saturated carbocycles. The quantitative estimate of drug-likeness (QED) is 0.222. The number of hydrogen-bond donors (Lipinski definition) is 2. The molecule has 1 atom stereocenters. The summed E-state index contributed by atoms with van der Waals surface area (Å²) in [4.78, 5) is 70.9. The average molecular weight is 801 g/mol. The number of rotatable bonds is 10. The Morgan fingerprint density at radius 1 is 0.746 bits per heavy atom. The highest BCUT2D eigenvalue weighted by Gasteiger charge is 2.45. The van der Waals surface area contributed by atoms with Gasteiger partial charge in [0.25, 0.3) is 11.8 Å². The third-order valence-corrected chi connectivity index (χ3v) is 13.6. The minimum atomic E-state index is -0.952. The zero-order valence-electron chi connectivity index (χ0n) is 33.7. The van der Waals surface area contributed by atoms with Crippen LogP contribution in [0.25, 0.3) is 22.3 Å². The van der Waals surface area contributed by atoms with E-state index in [2.05, 4.69) is 64.1 Å². The highest BCUT2D eigenvalue weighted by atomic mass is 16.5. The molecule has 7 heterocycles. The molecule has 5 fully saturated rings. The minimum absolute atomic E-state index is 0.0420. The lowest BCUT2D eigenvalue weighted by Crippen LogP contribution is -2.54. The first-order chi connectivity index (χ1) is 28.7. The van der Waals surface area contributed by atoms with E-state index in [0.717, 1.165) is 148 Å². The van der Waals surface area contributed by atoms with Crippen molar-refractivity contribution < 1.29 is 23.9 Å². The van der Waals surface area contributed by atoms with Gasteiger partial charge in [-0.3, -0.25) is 34.5 Å². The third-order valence-electron chi connectivity index (χ3n) is 13.6. The predicted octanol–water partition coefficient (Wildman–Crippen LogP) is 4.10. The van der Waals surface area contributed by atoms with Crippen LogP contribution in [0.4, 0.5) is 11.5 Å². The van der Waals surface area contributed by atoms with Gasteiger partial charge < -0.3 is 24.3 Å². The van der Waals surface area contributed by atoms with Gasteiger partial charge in [-0.1, -0.05) is 0 Å². The van der Waals surface area contributed by atoms with Crippen molar-refractivity contribution in [3.05, 3.63) is 59.9 Å². The second-order valence-electron chi connectivity index (χ2n) is 17.7. The molecule has 2 aromatic carbocycles. The fourth-order valence-electron chi connectivity index (χ4n) is 9.72. The van der Waals surface area contributed by atoms with Gasteiger partial charge in [-0.2, -0.15) is 5.10 Å². The molecule has 2 N–H and O–H groups in total.